The van der Waals surface area contributed by atoms with Gasteiger partial charge in [-0.15, -0.1) is 0 Å². The summed E-state index contributed by atoms with van der Waals surface area (Å²) < 4.78 is 31.0. The number of hydrogen-bond acceptors (Lipinski definition) is 7. The van der Waals surface area contributed by atoms with Crippen LogP contribution in [0.3, 0.4) is 0 Å². The molecule has 10 heteroatoms. The van der Waals surface area contributed by atoms with Crippen LogP contribution in [-0.2, 0) is 16.6 Å². The number of rotatable bonds is 4. The van der Waals surface area contributed by atoms with Crippen LogP contribution in [0.4, 0.5) is 0 Å². The number of furan rings is 1. The van der Waals surface area contributed by atoms with Gasteiger partial charge in [-0.25, -0.2) is 13.2 Å². The molecular formula is C19H22N4O5S. The minimum Gasteiger partial charge on any atom is -0.475 e. The van der Waals surface area contributed by atoms with Gasteiger partial charge in [0.2, 0.25) is 15.8 Å². The summed E-state index contributed by atoms with van der Waals surface area (Å²) >= 11 is 0. The Kier molecular flexibility index (Phi) is 6.60. The van der Waals surface area contributed by atoms with E-state index < -0.39 is 16.0 Å². The number of hydrogen-bond donors (Lipinski definition) is 3. The highest BCUT2D eigenvalue weighted by Gasteiger charge is 2.25. The zero-order valence-electron chi connectivity index (χ0n) is 15.6. The first kappa shape index (κ1) is 20.9. The van der Waals surface area contributed by atoms with Crippen LogP contribution >= 0.6 is 0 Å². The Morgan fingerprint density at radius 1 is 1.21 bits per heavy atom. The van der Waals surface area contributed by atoms with E-state index in [9.17, 15) is 13.2 Å². The van der Waals surface area contributed by atoms with Gasteiger partial charge >= 0.3 is 5.97 Å². The summed E-state index contributed by atoms with van der Waals surface area (Å²) in [6.45, 7) is 2.90. The van der Waals surface area contributed by atoms with Crippen LogP contribution in [0.15, 0.2) is 58.1 Å². The number of piperazine rings is 1. The molecule has 4 rings (SSSR count). The SMILES string of the molecule is NCc1ccc(S(=O)(=O)N2CCNCC2)cc1.O=C(O)c1cc2ccncc2o1. The average Bonchev–Trinajstić information content (AvgIpc) is 3.20. The van der Waals surface area contributed by atoms with E-state index in [-0.39, 0.29) is 5.76 Å². The lowest BCUT2D eigenvalue weighted by molar-refractivity contribution is 0.0665. The number of fused-ring (bicyclic) bond motifs is 1. The average molecular weight is 418 g/mol. The van der Waals surface area contributed by atoms with Crippen molar-refractivity contribution in [2.24, 2.45) is 5.73 Å². The highest BCUT2D eigenvalue weighted by molar-refractivity contribution is 7.89. The van der Waals surface area contributed by atoms with Crippen LogP contribution in [0.1, 0.15) is 16.1 Å². The van der Waals surface area contributed by atoms with E-state index in [1.165, 1.54) is 16.6 Å². The van der Waals surface area contributed by atoms with Gasteiger partial charge < -0.3 is 20.6 Å². The number of nitrogens with zero attached hydrogens (tertiary/aromatic N) is 2. The molecule has 1 fully saturated rings. The van der Waals surface area contributed by atoms with Gasteiger partial charge in [0.15, 0.2) is 5.58 Å². The molecule has 0 amide bonds. The summed E-state index contributed by atoms with van der Waals surface area (Å²) in [4.78, 5) is 14.6. The number of nitrogens with one attached hydrogen (secondary N) is 1. The molecular weight excluding hydrogens is 396 g/mol. The number of benzene rings is 1. The van der Waals surface area contributed by atoms with Gasteiger partial charge in [0.25, 0.3) is 0 Å². The van der Waals surface area contributed by atoms with Crippen LogP contribution in [0, 0.1) is 0 Å². The molecule has 1 aromatic carbocycles. The number of carboxylic acids is 1. The van der Waals surface area contributed by atoms with Crippen LogP contribution in [0.25, 0.3) is 11.0 Å². The van der Waals surface area contributed by atoms with E-state index in [4.69, 9.17) is 15.3 Å². The number of nitrogens with two attached hydrogens (primary N) is 1. The van der Waals surface area contributed by atoms with Crippen molar-refractivity contribution in [3.8, 4) is 0 Å². The van der Waals surface area contributed by atoms with Gasteiger partial charge in [0, 0.05) is 44.3 Å². The molecule has 0 spiro atoms. The van der Waals surface area contributed by atoms with Gasteiger partial charge in [-0.05, 0) is 29.8 Å². The minimum absolute atomic E-state index is 0.0574. The standard InChI is InChI=1S/C11H17N3O2S.C8H5NO3/c12-9-10-1-3-11(4-2-10)17(15,16)14-7-5-13-6-8-14;10-8(11)6-3-5-1-2-9-4-7(5)12-6/h1-4,13H,5-9,12H2;1-4H,(H,10,11). The number of carbonyl (C=O) groups is 1. The number of carboxylic acid groups (broad SMARTS) is 1. The van der Waals surface area contributed by atoms with Gasteiger partial charge in [-0.1, -0.05) is 12.1 Å². The number of sulfonamides is 1. The maximum atomic E-state index is 12.3. The summed E-state index contributed by atoms with van der Waals surface area (Å²) in [7, 11) is -3.33. The molecule has 3 heterocycles. The van der Waals surface area contributed by atoms with E-state index in [0.717, 1.165) is 10.9 Å². The Hall–Kier alpha value is -2.79. The molecule has 0 bridgehead atoms. The minimum atomic E-state index is -3.33. The Morgan fingerprint density at radius 3 is 2.48 bits per heavy atom. The molecule has 3 aromatic rings. The quantitative estimate of drug-likeness (QED) is 0.576. The summed E-state index contributed by atoms with van der Waals surface area (Å²) in [5.74, 6) is -1.12. The van der Waals surface area contributed by atoms with Crippen LogP contribution in [-0.4, -0.2) is 55.0 Å². The van der Waals surface area contributed by atoms with Crippen molar-refractivity contribution in [3.63, 3.8) is 0 Å². The third kappa shape index (κ3) is 4.98. The summed E-state index contributed by atoms with van der Waals surface area (Å²) in [6, 6.07) is 9.94. The van der Waals surface area contributed by atoms with Crippen molar-refractivity contribution in [3.05, 3.63) is 60.1 Å². The fourth-order valence-electron chi connectivity index (χ4n) is 2.82. The predicted molar refractivity (Wildman–Crippen MR) is 107 cm³/mol. The monoisotopic (exact) mass is 418 g/mol. The van der Waals surface area contributed by atoms with E-state index >= 15 is 0 Å². The third-order valence-electron chi connectivity index (χ3n) is 4.41. The molecule has 2 aromatic heterocycles. The lowest BCUT2D eigenvalue weighted by Crippen LogP contribution is -2.46. The molecule has 0 radical (unpaired) electrons. The third-order valence-corrected chi connectivity index (χ3v) is 6.32. The Labute approximate surface area is 168 Å². The van der Waals surface area contributed by atoms with E-state index in [2.05, 4.69) is 10.3 Å². The van der Waals surface area contributed by atoms with Crippen molar-refractivity contribution in [1.29, 1.82) is 0 Å². The number of aromatic nitrogens is 1. The smallest absolute Gasteiger partial charge is 0.371 e. The van der Waals surface area contributed by atoms with E-state index in [1.54, 1.807) is 36.5 Å². The molecule has 4 N–H and O–H groups in total. The first-order valence-electron chi connectivity index (χ1n) is 8.98. The maximum absolute atomic E-state index is 12.3. The molecule has 154 valence electrons. The second-order valence-electron chi connectivity index (χ2n) is 6.33. The zero-order chi connectivity index (χ0) is 20.9. The van der Waals surface area contributed by atoms with Crippen molar-refractivity contribution >= 4 is 27.0 Å². The zero-order valence-corrected chi connectivity index (χ0v) is 16.4. The largest absolute Gasteiger partial charge is 0.475 e. The molecule has 9 nitrogen and oxygen atoms in total. The van der Waals surface area contributed by atoms with Crippen molar-refractivity contribution in [2.75, 3.05) is 26.2 Å². The molecule has 1 aliphatic heterocycles. The first-order chi connectivity index (χ1) is 13.9. The predicted octanol–water partition coefficient (Wildman–Crippen LogP) is 1.27. The molecule has 0 atom stereocenters. The fraction of sp³-hybridized carbons (Fsp3) is 0.263. The highest BCUT2D eigenvalue weighted by Crippen LogP contribution is 2.18. The topological polar surface area (TPSA) is 139 Å². The van der Waals surface area contributed by atoms with Crippen LogP contribution in [0.2, 0.25) is 0 Å². The fourth-order valence-corrected chi connectivity index (χ4v) is 4.26. The number of aromatic carboxylic acids is 1. The molecule has 0 aliphatic carbocycles. The lowest BCUT2D eigenvalue weighted by Gasteiger charge is -2.26. The van der Waals surface area contributed by atoms with Crippen molar-refractivity contribution in [1.82, 2.24) is 14.6 Å². The van der Waals surface area contributed by atoms with E-state index in [1.807, 2.05) is 0 Å². The lowest BCUT2D eigenvalue weighted by atomic mass is 10.2. The van der Waals surface area contributed by atoms with Gasteiger partial charge in [-0.2, -0.15) is 4.31 Å². The second-order valence-corrected chi connectivity index (χ2v) is 8.27. The van der Waals surface area contributed by atoms with E-state index in [0.29, 0.717) is 43.2 Å². The Bertz CT molecular complexity index is 1040. The first-order valence-corrected chi connectivity index (χ1v) is 10.4. The summed E-state index contributed by atoms with van der Waals surface area (Å²) in [5.41, 5.74) is 6.91. The van der Waals surface area contributed by atoms with Crippen LogP contribution < -0.4 is 11.1 Å². The van der Waals surface area contributed by atoms with Gasteiger partial charge in [0.1, 0.15) is 0 Å². The normalized spacial score (nSPS) is 14.9. The molecule has 1 saturated heterocycles. The molecule has 0 saturated carbocycles. The maximum Gasteiger partial charge on any atom is 0.371 e. The van der Waals surface area contributed by atoms with Crippen molar-refractivity contribution in [2.45, 2.75) is 11.4 Å². The molecule has 1 aliphatic rings. The Morgan fingerprint density at radius 2 is 1.90 bits per heavy atom. The van der Waals surface area contributed by atoms with Crippen molar-refractivity contribution < 1.29 is 22.7 Å². The number of pyridine rings is 1. The molecule has 29 heavy (non-hydrogen) atoms. The van der Waals surface area contributed by atoms with Gasteiger partial charge in [0.05, 0.1) is 11.1 Å². The highest BCUT2D eigenvalue weighted by atomic mass is 32.2. The summed E-state index contributed by atoms with van der Waals surface area (Å²) in [5, 5.41) is 12.5. The second kappa shape index (κ2) is 9.14. The van der Waals surface area contributed by atoms with Crippen LogP contribution in [0.5, 0.6) is 0 Å². The summed E-state index contributed by atoms with van der Waals surface area (Å²) in [6.07, 6.45) is 3.07. The Balaban J connectivity index is 0.000000176. The molecule has 0 unspecified atom stereocenters. The van der Waals surface area contributed by atoms with Gasteiger partial charge in [-0.3, -0.25) is 4.98 Å².